The lowest BCUT2D eigenvalue weighted by Crippen LogP contribution is -2.38. The first kappa shape index (κ1) is 24.0. The first-order valence-corrected chi connectivity index (χ1v) is 13.8. The number of phenolic OH excluding ortho intramolecular Hbond substituents is 1. The maximum Gasteiger partial charge on any atom is 0.271 e. The average molecular weight is 639 g/mol. The van der Waals surface area contributed by atoms with Gasteiger partial charge in [0.1, 0.15) is 5.75 Å². The molecule has 0 fully saturated rings. The van der Waals surface area contributed by atoms with E-state index in [1.165, 1.54) is 29.0 Å². The second kappa shape index (κ2) is 9.20. The number of nitro benzene ring substituents is 1. The van der Waals surface area contributed by atoms with Gasteiger partial charge >= 0.3 is 0 Å². The monoisotopic (exact) mass is 637 g/mol. The van der Waals surface area contributed by atoms with Crippen LogP contribution < -0.4 is 14.9 Å². The number of fused-ring (bicyclic) bond motifs is 3. The molecule has 1 aliphatic carbocycles. The lowest BCUT2D eigenvalue weighted by molar-refractivity contribution is -0.384. The Bertz CT molecular complexity index is 1840. The molecule has 10 heteroatoms. The first-order valence-electron chi connectivity index (χ1n) is 11.4. The molecule has 1 N–H and O–H groups in total. The van der Waals surface area contributed by atoms with E-state index in [-0.39, 0.29) is 17.0 Å². The molecule has 1 aliphatic heterocycles. The van der Waals surface area contributed by atoms with Gasteiger partial charge in [-0.1, -0.05) is 63.7 Å². The number of aromatic nitrogens is 1. The zero-order chi connectivity index (χ0) is 25.8. The Morgan fingerprint density at radius 1 is 1.11 bits per heavy atom. The van der Waals surface area contributed by atoms with Crippen LogP contribution in [0.5, 0.6) is 5.75 Å². The normalized spacial score (nSPS) is 16.6. The smallest absolute Gasteiger partial charge is 0.271 e. The maximum atomic E-state index is 13.8. The Labute approximate surface area is 231 Å². The van der Waals surface area contributed by atoms with Crippen LogP contribution in [0.1, 0.15) is 34.7 Å². The minimum Gasteiger partial charge on any atom is -0.506 e. The highest BCUT2D eigenvalue weighted by atomic mass is 79.9. The van der Waals surface area contributed by atoms with Gasteiger partial charge in [0.25, 0.3) is 11.2 Å². The summed E-state index contributed by atoms with van der Waals surface area (Å²) in [7, 11) is 0. The fourth-order valence-electron chi connectivity index (χ4n) is 4.97. The molecule has 7 nitrogen and oxygen atoms in total. The van der Waals surface area contributed by atoms with Gasteiger partial charge in [0, 0.05) is 27.7 Å². The number of non-ortho nitro benzene ring substituents is 1. The number of nitrogens with zero attached hydrogens (tertiary/aromatic N) is 3. The lowest BCUT2D eigenvalue weighted by atomic mass is 9.83. The Morgan fingerprint density at radius 2 is 1.92 bits per heavy atom. The van der Waals surface area contributed by atoms with E-state index in [0.717, 1.165) is 27.7 Å². The van der Waals surface area contributed by atoms with Crippen molar-refractivity contribution in [3.8, 4) is 5.75 Å². The second-order valence-corrected chi connectivity index (χ2v) is 11.6. The van der Waals surface area contributed by atoms with Gasteiger partial charge in [-0.05, 0) is 63.7 Å². The van der Waals surface area contributed by atoms with Gasteiger partial charge < -0.3 is 5.11 Å². The number of benzene rings is 3. The third-order valence-corrected chi connectivity index (χ3v) is 8.66. The molecule has 0 bridgehead atoms. The third kappa shape index (κ3) is 4.09. The van der Waals surface area contributed by atoms with Gasteiger partial charge in [-0.2, -0.15) is 0 Å². The van der Waals surface area contributed by atoms with Gasteiger partial charge in [-0.25, -0.2) is 4.99 Å². The van der Waals surface area contributed by atoms with Crippen LogP contribution in [-0.2, 0) is 6.42 Å². The van der Waals surface area contributed by atoms with E-state index in [1.807, 2.05) is 24.3 Å². The molecule has 0 saturated heterocycles. The summed E-state index contributed by atoms with van der Waals surface area (Å²) in [5, 5.41) is 22.1. The largest absolute Gasteiger partial charge is 0.506 e. The molecule has 1 aromatic heterocycles. The highest BCUT2D eigenvalue weighted by Gasteiger charge is 2.33. The van der Waals surface area contributed by atoms with Crippen LogP contribution in [0.3, 0.4) is 0 Å². The van der Waals surface area contributed by atoms with Crippen molar-refractivity contribution >= 4 is 60.7 Å². The molecular formula is C27H17Br2N3O4S. The van der Waals surface area contributed by atoms with Crippen molar-refractivity contribution in [2.75, 3.05) is 0 Å². The van der Waals surface area contributed by atoms with E-state index >= 15 is 0 Å². The van der Waals surface area contributed by atoms with Crippen LogP contribution in [0.2, 0.25) is 0 Å². The number of aryl methyl sites for hydroxylation is 1. The van der Waals surface area contributed by atoms with Crippen molar-refractivity contribution in [2.45, 2.75) is 18.9 Å². The zero-order valence-corrected chi connectivity index (χ0v) is 23.0. The Morgan fingerprint density at radius 3 is 2.73 bits per heavy atom. The summed E-state index contributed by atoms with van der Waals surface area (Å²) in [6, 6.07) is 17.5. The van der Waals surface area contributed by atoms with Gasteiger partial charge in [0.15, 0.2) is 4.80 Å². The predicted molar refractivity (Wildman–Crippen MR) is 149 cm³/mol. The summed E-state index contributed by atoms with van der Waals surface area (Å²) in [6.07, 6.45) is 3.13. The minimum atomic E-state index is -0.524. The van der Waals surface area contributed by atoms with Gasteiger partial charge in [0.05, 0.1) is 25.7 Å². The number of hydrogen-bond acceptors (Lipinski definition) is 6. The summed E-state index contributed by atoms with van der Waals surface area (Å²) in [5.41, 5.74) is 4.84. The van der Waals surface area contributed by atoms with Crippen molar-refractivity contribution in [1.29, 1.82) is 0 Å². The molecule has 2 aliphatic rings. The molecule has 2 heterocycles. The number of rotatable bonds is 3. The van der Waals surface area contributed by atoms with Crippen LogP contribution in [0.15, 0.2) is 85.0 Å². The van der Waals surface area contributed by atoms with Crippen LogP contribution in [0.25, 0.3) is 11.8 Å². The second-order valence-electron chi connectivity index (χ2n) is 8.79. The highest BCUT2D eigenvalue weighted by Crippen LogP contribution is 2.41. The molecule has 6 rings (SSSR count). The SMILES string of the molecule is O=c1/c(=C/c2cc(Br)cc(Br)c2O)sc2n1C(c1cccc([N+](=O)[O-])c1)C1=C(N=2)c2ccccc2CC1. The minimum absolute atomic E-state index is 0.0255. The third-order valence-electron chi connectivity index (χ3n) is 6.61. The van der Waals surface area contributed by atoms with E-state index in [2.05, 4.69) is 37.9 Å². The summed E-state index contributed by atoms with van der Waals surface area (Å²) < 4.78 is 3.29. The van der Waals surface area contributed by atoms with E-state index < -0.39 is 11.0 Å². The standard InChI is InChI=1S/C27H17Br2N3O4S/c28-17-10-16(25(33)21(29)13-17)12-22-26(34)31-24(15-5-3-6-18(11-15)32(35)36)20-9-8-14-4-1-2-7-19(14)23(20)30-27(31)37-22/h1-7,10-13,24,33H,8-9H2/b22-12-. The molecule has 0 saturated carbocycles. The number of hydrogen-bond donors (Lipinski definition) is 1. The predicted octanol–water partition coefficient (Wildman–Crippen LogP) is 5.46. The van der Waals surface area contributed by atoms with Crippen molar-refractivity contribution < 1.29 is 10.0 Å². The number of nitro groups is 1. The molecule has 37 heavy (non-hydrogen) atoms. The zero-order valence-electron chi connectivity index (χ0n) is 19.0. The molecular weight excluding hydrogens is 622 g/mol. The Balaban J connectivity index is 1.64. The van der Waals surface area contributed by atoms with E-state index in [1.54, 1.807) is 28.8 Å². The number of halogens is 2. The van der Waals surface area contributed by atoms with E-state index in [0.29, 0.717) is 31.4 Å². The fourth-order valence-corrected chi connectivity index (χ4v) is 7.22. The average Bonchev–Trinajstić information content (AvgIpc) is 3.20. The molecule has 0 amide bonds. The summed E-state index contributed by atoms with van der Waals surface area (Å²) in [4.78, 5) is 30.4. The summed E-state index contributed by atoms with van der Waals surface area (Å²) in [5.74, 6) is 0.0255. The van der Waals surface area contributed by atoms with E-state index in [4.69, 9.17) is 4.99 Å². The topological polar surface area (TPSA) is 97.7 Å². The number of thiazole rings is 1. The van der Waals surface area contributed by atoms with E-state index in [9.17, 15) is 20.0 Å². The fraction of sp³-hybridized carbons (Fsp3) is 0.111. The van der Waals surface area contributed by atoms with Crippen molar-refractivity contribution in [3.05, 3.63) is 127 Å². The molecule has 184 valence electrons. The molecule has 1 unspecified atom stereocenters. The Hall–Kier alpha value is -3.34. The quantitative estimate of drug-likeness (QED) is 0.238. The molecule has 3 aromatic carbocycles. The van der Waals surface area contributed by atoms with Gasteiger partial charge in [-0.15, -0.1) is 0 Å². The van der Waals surface area contributed by atoms with Crippen molar-refractivity contribution in [2.24, 2.45) is 4.99 Å². The molecule has 0 radical (unpaired) electrons. The highest BCUT2D eigenvalue weighted by molar-refractivity contribution is 9.11. The maximum absolute atomic E-state index is 13.8. The number of allylic oxidation sites excluding steroid dienone is 1. The van der Waals surface area contributed by atoms with Gasteiger partial charge in [0.2, 0.25) is 0 Å². The lowest BCUT2D eigenvalue weighted by Gasteiger charge is -2.30. The van der Waals surface area contributed by atoms with Crippen molar-refractivity contribution in [1.82, 2.24) is 4.57 Å². The van der Waals surface area contributed by atoms with Crippen LogP contribution >= 0.6 is 43.2 Å². The summed E-state index contributed by atoms with van der Waals surface area (Å²) >= 11 is 8.01. The molecule has 4 aromatic rings. The molecule has 0 spiro atoms. The van der Waals surface area contributed by atoms with Crippen LogP contribution in [-0.4, -0.2) is 14.6 Å². The van der Waals surface area contributed by atoms with Gasteiger partial charge in [-0.3, -0.25) is 19.5 Å². The molecule has 1 atom stereocenters. The van der Waals surface area contributed by atoms with Crippen LogP contribution in [0.4, 0.5) is 5.69 Å². The summed E-state index contributed by atoms with van der Waals surface area (Å²) in [6.45, 7) is 0. The number of aromatic hydroxyl groups is 1. The van der Waals surface area contributed by atoms with Crippen LogP contribution in [0, 0.1) is 10.1 Å². The number of phenols is 1. The first-order chi connectivity index (χ1) is 17.8. The Kier molecular flexibility index (Phi) is 5.97. The van der Waals surface area contributed by atoms with Crippen molar-refractivity contribution in [3.63, 3.8) is 0 Å².